The summed E-state index contributed by atoms with van der Waals surface area (Å²) in [6.07, 6.45) is 0. The lowest BCUT2D eigenvalue weighted by atomic mass is 10.1. The number of carbonyl (C=O) groups excluding carboxylic acids is 1. The Labute approximate surface area is 118 Å². The van der Waals surface area contributed by atoms with Crippen molar-refractivity contribution in [2.24, 2.45) is 16.0 Å². The third-order valence-corrected chi connectivity index (χ3v) is 4.39. The zero-order chi connectivity index (χ0) is 15.1. The van der Waals surface area contributed by atoms with Crippen LogP contribution in [0.5, 0.6) is 0 Å². The molecule has 0 saturated heterocycles. The number of hydrogen-bond acceptors (Lipinski definition) is 4. The smallest absolute Gasteiger partial charge is 0.286 e. The van der Waals surface area contributed by atoms with Crippen LogP contribution in [0.15, 0.2) is 27.5 Å². The lowest BCUT2D eigenvalue weighted by molar-refractivity contribution is 0.1000. The lowest BCUT2D eigenvalue weighted by Gasteiger charge is -2.30. The van der Waals surface area contributed by atoms with Crippen LogP contribution in [0.3, 0.4) is 0 Å². The van der Waals surface area contributed by atoms with Gasteiger partial charge in [-0.15, -0.1) is 4.40 Å². The van der Waals surface area contributed by atoms with Crippen molar-refractivity contribution in [2.75, 3.05) is 11.4 Å². The molecule has 0 aromatic heterocycles. The van der Waals surface area contributed by atoms with E-state index in [-0.39, 0.29) is 10.5 Å². The zero-order valence-corrected chi connectivity index (χ0v) is 12.4. The fourth-order valence-corrected chi connectivity index (χ4v) is 3.40. The van der Waals surface area contributed by atoms with Gasteiger partial charge in [-0.3, -0.25) is 4.79 Å². The first-order valence-corrected chi connectivity index (χ1v) is 7.69. The van der Waals surface area contributed by atoms with Gasteiger partial charge in [0.1, 0.15) is 10.7 Å². The predicted molar refractivity (Wildman–Crippen MR) is 77.4 cm³/mol. The number of anilines is 1. The summed E-state index contributed by atoms with van der Waals surface area (Å²) in [7, 11) is -3.78. The molecule has 6 nitrogen and oxygen atoms in total. The van der Waals surface area contributed by atoms with Crippen LogP contribution in [-0.2, 0) is 10.0 Å². The summed E-state index contributed by atoms with van der Waals surface area (Å²) < 4.78 is 28.0. The van der Waals surface area contributed by atoms with Crippen molar-refractivity contribution in [1.29, 1.82) is 0 Å². The Kier molecular flexibility index (Phi) is 3.56. The highest BCUT2D eigenvalue weighted by Crippen LogP contribution is 2.32. The van der Waals surface area contributed by atoms with Crippen LogP contribution in [0, 0.1) is 5.92 Å². The maximum Gasteiger partial charge on any atom is 0.286 e. The second kappa shape index (κ2) is 4.90. The Morgan fingerprint density at radius 3 is 2.60 bits per heavy atom. The molecule has 0 fully saturated rings. The fraction of sp³-hybridized carbons (Fsp3) is 0.385. The quantitative estimate of drug-likeness (QED) is 0.911. The van der Waals surface area contributed by atoms with E-state index in [1.54, 1.807) is 13.0 Å². The summed E-state index contributed by atoms with van der Waals surface area (Å²) in [5, 5.41) is 0. The topological polar surface area (TPSA) is 92.8 Å². The van der Waals surface area contributed by atoms with E-state index in [1.807, 2.05) is 18.7 Å². The number of amides is 1. The van der Waals surface area contributed by atoms with Gasteiger partial charge >= 0.3 is 0 Å². The van der Waals surface area contributed by atoms with E-state index < -0.39 is 15.9 Å². The first-order chi connectivity index (χ1) is 9.22. The lowest BCUT2D eigenvalue weighted by Crippen LogP contribution is -2.36. The van der Waals surface area contributed by atoms with Crippen molar-refractivity contribution < 1.29 is 13.2 Å². The Balaban J connectivity index is 2.63. The molecular formula is C13H17N3O3S. The Hall–Kier alpha value is -1.89. The highest BCUT2D eigenvalue weighted by atomic mass is 32.2. The fourth-order valence-electron chi connectivity index (χ4n) is 2.14. The van der Waals surface area contributed by atoms with E-state index in [0.29, 0.717) is 24.0 Å². The molecule has 1 aliphatic rings. The second-order valence-corrected chi connectivity index (χ2v) is 6.74. The monoisotopic (exact) mass is 295 g/mol. The molecule has 1 aromatic rings. The van der Waals surface area contributed by atoms with Crippen LogP contribution in [0.25, 0.3) is 0 Å². The van der Waals surface area contributed by atoms with E-state index in [2.05, 4.69) is 4.40 Å². The van der Waals surface area contributed by atoms with Crippen LogP contribution in [-0.4, -0.2) is 26.7 Å². The van der Waals surface area contributed by atoms with E-state index in [4.69, 9.17) is 5.73 Å². The minimum atomic E-state index is -3.78. The summed E-state index contributed by atoms with van der Waals surface area (Å²) in [6, 6.07) is 4.42. The number of primary amides is 1. The molecule has 1 aromatic carbocycles. The van der Waals surface area contributed by atoms with Gasteiger partial charge < -0.3 is 10.6 Å². The molecule has 20 heavy (non-hydrogen) atoms. The average molecular weight is 295 g/mol. The van der Waals surface area contributed by atoms with Crippen molar-refractivity contribution in [3.05, 3.63) is 23.8 Å². The van der Waals surface area contributed by atoms with Crippen molar-refractivity contribution >= 4 is 27.5 Å². The normalized spacial score (nSPS) is 16.8. The number of sulfonamides is 1. The molecule has 0 saturated carbocycles. The van der Waals surface area contributed by atoms with Gasteiger partial charge in [0, 0.05) is 12.1 Å². The minimum Gasteiger partial charge on any atom is -0.366 e. The highest BCUT2D eigenvalue weighted by molar-refractivity contribution is 7.90. The molecule has 2 rings (SSSR count). The van der Waals surface area contributed by atoms with Gasteiger partial charge in [0.05, 0.1) is 5.69 Å². The maximum atomic E-state index is 12.1. The molecule has 0 atom stereocenters. The van der Waals surface area contributed by atoms with E-state index in [9.17, 15) is 13.2 Å². The molecule has 0 radical (unpaired) electrons. The van der Waals surface area contributed by atoms with E-state index >= 15 is 0 Å². The number of carbonyl (C=O) groups is 1. The molecule has 0 bridgehead atoms. The van der Waals surface area contributed by atoms with Crippen LogP contribution in [0.1, 0.15) is 31.1 Å². The third kappa shape index (κ3) is 2.53. The molecule has 0 aliphatic carbocycles. The van der Waals surface area contributed by atoms with Gasteiger partial charge in [-0.2, -0.15) is 8.42 Å². The van der Waals surface area contributed by atoms with Crippen molar-refractivity contribution in [2.45, 2.75) is 25.7 Å². The zero-order valence-electron chi connectivity index (χ0n) is 11.6. The van der Waals surface area contributed by atoms with Gasteiger partial charge in [0.25, 0.3) is 10.0 Å². The second-order valence-electron chi connectivity index (χ2n) is 5.16. The van der Waals surface area contributed by atoms with Gasteiger partial charge in [-0.1, -0.05) is 13.8 Å². The summed E-state index contributed by atoms with van der Waals surface area (Å²) in [5.41, 5.74) is 5.89. The molecule has 2 N–H and O–H groups in total. The average Bonchev–Trinajstić information content (AvgIpc) is 2.33. The van der Waals surface area contributed by atoms with Crippen LogP contribution < -0.4 is 10.6 Å². The Morgan fingerprint density at radius 2 is 2.05 bits per heavy atom. The summed E-state index contributed by atoms with van der Waals surface area (Å²) in [5.74, 6) is 0.104. The molecule has 108 valence electrons. The van der Waals surface area contributed by atoms with Gasteiger partial charge in [-0.05, 0) is 31.0 Å². The number of benzene rings is 1. The van der Waals surface area contributed by atoms with Crippen LogP contribution in [0.2, 0.25) is 0 Å². The molecule has 0 spiro atoms. The number of nitrogens with two attached hydrogens (primary N) is 1. The summed E-state index contributed by atoms with van der Waals surface area (Å²) in [6.45, 7) is 6.38. The number of amidine groups is 1. The maximum absolute atomic E-state index is 12.1. The van der Waals surface area contributed by atoms with Crippen molar-refractivity contribution in [3.8, 4) is 0 Å². The molecule has 0 unspecified atom stereocenters. The van der Waals surface area contributed by atoms with Crippen LogP contribution in [0.4, 0.5) is 5.69 Å². The standard InChI is InChI=1S/C13H17N3O3S/c1-8(2)7-16-9(3)15-20(18,19)12-6-10(13(14)17)4-5-11(12)16/h4-6,8H,7H2,1-3H3,(H2,14,17). The number of hydrogen-bond donors (Lipinski definition) is 1. The van der Waals surface area contributed by atoms with Gasteiger partial charge in [-0.25, -0.2) is 0 Å². The first-order valence-electron chi connectivity index (χ1n) is 6.25. The van der Waals surface area contributed by atoms with E-state index in [1.165, 1.54) is 12.1 Å². The summed E-state index contributed by atoms with van der Waals surface area (Å²) in [4.78, 5) is 13.1. The molecule has 1 amide bonds. The summed E-state index contributed by atoms with van der Waals surface area (Å²) >= 11 is 0. The molecule has 1 heterocycles. The number of nitrogens with zero attached hydrogens (tertiary/aromatic N) is 2. The predicted octanol–water partition coefficient (Wildman–Crippen LogP) is 1.37. The molecular weight excluding hydrogens is 278 g/mol. The molecule has 7 heteroatoms. The number of rotatable bonds is 3. The van der Waals surface area contributed by atoms with Crippen molar-refractivity contribution in [1.82, 2.24) is 0 Å². The van der Waals surface area contributed by atoms with E-state index in [0.717, 1.165) is 0 Å². The SMILES string of the molecule is CC1=NS(=O)(=O)c2cc(C(N)=O)ccc2N1CC(C)C. The van der Waals surface area contributed by atoms with Crippen molar-refractivity contribution in [3.63, 3.8) is 0 Å². The largest absolute Gasteiger partial charge is 0.366 e. The van der Waals surface area contributed by atoms with Gasteiger partial charge in [0.15, 0.2) is 0 Å². The van der Waals surface area contributed by atoms with Gasteiger partial charge in [0.2, 0.25) is 5.91 Å². The highest BCUT2D eigenvalue weighted by Gasteiger charge is 2.29. The van der Waals surface area contributed by atoms with Crippen LogP contribution >= 0.6 is 0 Å². The Bertz CT molecular complexity index is 693. The minimum absolute atomic E-state index is 0.0278. The Morgan fingerprint density at radius 1 is 1.40 bits per heavy atom. The molecule has 1 aliphatic heterocycles. The third-order valence-electron chi connectivity index (χ3n) is 3.00. The number of fused-ring (bicyclic) bond motifs is 1. The first kappa shape index (κ1) is 14.5.